The van der Waals surface area contributed by atoms with Crippen LogP contribution in [0.5, 0.6) is 0 Å². The zero-order valence-electron chi connectivity index (χ0n) is 20.3. The lowest BCUT2D eigenvalue weighted by atomic mass is 10.1. The van der Waals surface area contributed by atoms with E-state index in [2.05, 4.69) is 11.8 Å². The molecule has 0 aliphatic carbocycles. The van der Waals surface area contributed by atoms with Gasteiger partial charge in [0.15, 0.2) is 0 Å². The van der Waals surface area contributed by atoms with Crippen LogP contribution in [0.3, 0.4) is 0 Å². The first-order valence-corrected chi connectivity index (χ1v) is 13.3. The molecule has 4 rings (SSSR count). The van der Waals surface area contributed by atoms with Crippen LogP contribution in [-0.4, -0.2) is 50.6 Å². The minimum absolute atomic E-state index is 0.0825. The number of anilines is 1. The summed E-state index contributed by atoms with van der Waals surface area (Å²) in [6.45, 7) is 12.1. The SMILES string of the molecule is CCCN1CCN(c2cc3c(cc2F)c(=O)c(S(=O)(=O)c2cc(C)ccc2C)cn3CC)CC1. The molecule has 0 bridgehead atoms. The molecule has 0 N–H and O–H groups in total. The van der Waals surface area contributed by atoms with Crippen molar-refractivity contribution < 1.29 is 12.8 Å². The van der Waals surface area contributed by atoms with Crippen LogP contribution in [-0.2, 0) is 16.4 Å². The molecule has 2 heterocycles. The van der Waals surface area contributed by atoms with E-state index in [1.54, 1.807) is 29.7 Å². The second-order valence-electron chi connectivity index (χ2n) is 9.03. The highest BCUT2D eigenvalue weighted by Crippen LogP contribution is 2.29. The van der Waals surface area contributed by atoms with Crippen LogP contribution in [0.4, 0.5) is 10.1 Å². The number of pyridine rings is 1. The first-order valence-electron chi connectivity index (χ1n) is 11.8. The third-order valence-electron chi connectivity index (χ3n) is 6.63. The van der Waals surface area contributed by atoms with Crippen LogP contribution in [0.25, 0.3) is 10.9 Å². The molecule has 0 unspecified atom stereocenters. The quantitative estimate of drug-likeness (QED) is 0.525. The Hall–Kier alpha value is -2.71. The van der Waals surface area contributed by atoms with Gasteiger partial charge in [-0.3, -0.25) is 9.69 Å². The molecular weight excluding hydrogens is 453 g/mol. The van der Waals surface area contributed by atoms with Crippen LogP contribution in [0.1, 0.15) is 31.4 Å². The number of fused-ring (bicyclic) bond motifs is 1. The van der Waals surface area contributed by atoms with Crippen LogP contribution < -0.4 is 10.3 Å². The first-order chi connectivity index (χ1) is 16.2. The van der Waals surface area contributed by atoms with E-state index in [0.29, 0.717) is 36.4 Å². The van der Waals surface area contributed by atoms with Gasteiger partial charge in [-0.05, 0) is 63.1 Å². The standard InChI is InChI=1S/C26H32FN3O3S/c1-5-9-28-10-12-30(13-11-28)23-16-22-20(15-21(23)27)26(31)25(17-29(22)6-2)34(32,33)24-14-18(3)7-8-19(24)4/h7-8,14-17H,5-6,9-13H2,1-4H3. The van der Waals surface area contributed by atoms with E-state index in [0.717, 1.165) is 31.6 Å². The maximum absolute atomic E-state index is 15.3. The summed E-state index contributed by atoms with van der Waals surface area (Å²) < 4.78 is 44.0. The highest BCUT2D eigenvalue weighted by molar-refractivity contribution is 7.91. The van der Waals surface area contributed by atoms with Crippen molar-refractivity contribution in [3.05, 3.63) is 63.7 Å². The van der Waals surface area contributed by atoms with Crippen molar-refractivity contribution in [2.24, 2.45) is 0 Å². The fourth-order valence-electron chi connectivity index (χ4n) is 4.71. The highest BCUT2D eigenvalue weighted by atomic mass is 32.2. The van der Waals surface area contributed by atoms with Gasteiger partial charge in [0.25, 0.3) is 0 Å². The second-order valence-corrected chi connectivity index (χ2v) is 10.9. The van der Waals surface area contributed by atoms with Crippen molar-refractivity contribution in [2.75, 3.05) is 37.6 Å². The van der Waals surface area contributed by atoms with Crippen LogP contribution in [0.15, 0.2) is 51.1 Å². The van der Waals surface area contributed by atoms with Crippen molar-refractivity contribution in [2.45, 2.75) is 50.5 Å². The average molecular weight is 486 g/mol. The zero-order chi connectivity index (χ0) is 24.6. The first kappa shape index (κ1) is 24.4. The van der Waals surface area contributed by atoms with Crippen molar-refractivity contribution in [3.63, 3.8) is 0 Å². The predicted octanol–water partition coefficient (Wildman–Crippen LogP) is 4.14. The minimum atomic E-state index is -4.07. The minimum Gasteiger partial charge on any atom is -0.367 e. The lowest BCUT2D eigenvalue weighted by Gasteiger charge is -2.36. The molecule has 1 fully saturated rings. The molecule has 0 radical (unpaired) electrons. The van der Waals surface area contributed by atoms with Gasteiger partial charge in [-0.2, -0.15) is 0 Å². The number of halogens is 1. The molecule has 182 valence electrons. The Kier molecular flexibility index (Phi) is 6.82. The van der Waals surface area contributed by atoms with Gasteiger partial charge >= 0.3 is 0 Å². The lowest BCUT2D eigenvalue weighted by Crippen LogP contribution is -2.46. The number of nitrogens with zero attached hydrogens (tertiary/aromatic N) is 3. The lowest BCUT2D eigenvalue weighted by molar-refractivity contribution is 0.258. The number of rotatable bonds is 6. The van der Waals surface area contributed by atoms with Crippen molar-refractivity contribution in [1.29, 1.82) is 0 Å². The summed E-state index contributed by atoms with van der Waals surface area (Å²) in [6, 6.07) is 8.04. The van der Waals surface area contributed by atoms with Gasteiger partial charge in [0.2, 0.25) is 15.3 Å². The van der Waals surface area contributed by atoms with E-state index < -0.39 is 21.1 Å². The number of sulfone groups is 1. The molecule has 34 heavy (non-hydrogen) atoms. The molecule has 1 saturated heterocycles. The molecule has 0 amide bonds. The van der Waals surface area contributed by atoms with Crippen molar-refractivity contribution >= 4 is 26.4 Å². The van der Waals surface area contributed by atoms with E-state index in [-0.39, 0.29) is 15.2 Å². The van der Waals surface area contributed by atoms with E-state index in [1.165, 1.54) is 12.3 Å². The Morgan fingerprint density at radius 1 is 0.971 bits per heavy atom. The van der Waals surface area contributed by atoms with Gasteiger partial charge in [-0.25, -0.2) is 12.8 Å². The Morgan fingerprint density at radius 2 is 1.68 bits per heavy atom. The predicted molar refractivity (Wildman–Crippen MR) is 134 cm³/mol. The molecule has 1 aliphatic heterocycles. The zero-order valence-corrected chi connectivity index (χ0v) is 21.1. The molecule has 8 heteroatoms. The Bertz CT molecular complexity index is 1390. The van der Waals surface area contributed by atoms with Crippen LogP contribution >= 0.6 is 0 Å². The topological polar surface area (TPSA) is 62.6 Å². The second kappa shape index (κ2) is 9.50. The normalized spacial score (nSPS) is 15.3. The summed E-state index contributed by atoms with van der Waals surface area (Å²) in [5.41, 5.74) is 1.68. The van der Waals surface area contributed by atoms with Gasteiger partial charge in [-0.1, -0.05) is 19.1 Å². The highest BCUT2D eigenvalue weighted by Gasteiger charge is 2.27. The molecule has 1 aromatic heterocycles. The van der Waals surface area contributed by atoms with Crippen LogP contribution in [0.2, 0.25) is 0 Å². The number of hydrogen-bond donors (Lipinski definition) is 0. The van der Waals surface area contributed by atoms with Gasteiger partial charge in [0, 0.05) is 38.9 Å². The molecular formula is C26H32FN3O3S. The number of aromatic nitrogens is 1. The van der Waals surface area contributed by atoms with Gasteiger partial charge < -0.3 is 9.47 Å². The number of hydrogen-bond acceptors (Lipinski definition) is 5. The average Bonchev–Trinajstić information content (AvgIpc) is 2.81. The monoisotopic (exact) mass is 485 g/mol. The summed E-state index contributed by atoms with van der Waals surface area (Å²) in [5, 5.41) is 0.0825. The third kappa shape index (κ3) is 4.36. The Morgan fingerprint density at radius 3 is 2.32 bits per heavy atom. The molecule has 0 saturated carbocycles. The van der Waals surface area contributed by atoms with Gasteiger partial charge in [0.05, 0.1) is 21.5 Å². The molecule has 0 atom stereocenters. The van der Waals surface area contributed by atoms with Crippen LogP contribution in [0, 0.1) is 19.7 Å². The molecule has 0 spiro atoms. The fourth-order valence-corrected chi connectivity index (χ4v) is 6.40. The maximum Gasteiger partial charge on any atom is 0.212 e. The largest absolute Gasteiger partial charge is 0.367 e. The molecule has 6 nitrogen and oxygen atoms in total. The maximum atomic E-state index is 15.3. The molecule has 2 aromatic carbocycles. The van der Waals surface area contributed by atoms with E-state index >= 15 is 4.39 Å². The van der Waals surface area contributed by atoms with E-state index in [9.17, 15) is 13.2 Å². The summed E-state index contributed by atoms with van der Waals surface area (Å²) in [5.74, 6) is -0.502. The molecule has 3 aromatic rings. The number of aryl methyl sites for hydroxylation is 3. The Balaban J connectivity index is 1.83. The molecule has 1 aliphatic rings. The fraction of sp³-hybridized carbons (Fsp3) is 0.423. The van der Waals surface area contributed by atoms with Gasteiger partial charge in [0.1, 0.15) is 10.7 Å². The third-order valence-corrected chi connectivity index (χ3v) is 8.52. The summed E-state index contributed by atoms with van der Waals surface area (Å²) in [6.07, 6.45) is 2.49. The number of piperazine rings is 1. The van der Waals surface area contributed by atoms with Gasteiger partial charge in [-0.15, -0.1) is 0 Å². The summed E-state index contributed by atoms with van der Waals surface area (Å²) in [7, 11) is -4.07. The smallest absolute Gasteiger partial charge is 0.212 e. The Labute approximate surface area is 200 Å². The number of benzene rings is 2. The van der Waals surface area contributed by atoms with Crippen molar-refractivity contribution in [3.8, 4) is 0 Å². The van der Waals surface area contributed by atoms with Crippen molar-refractivity contribution in [1.82, 2.24) is 9.47 Å². The summed E-state index contributed by atoms with van der Waals surface area (Å²) in [4.78, 5) is 17.5. The van der Waals surface area contributed by atoms with E-state index in [1.807, 2.05) is 24.8 Å². The summed E-state index contributed by atoms with van der Waals surface area (Å²) >= 11 is 0. The van der Waals surface area contributed by atoms with E-state index in [4.69, 9.17) is 0 Å².